The van der Waals surface area contributed by atoms with E-state index in [0.717, 1.165) is 23.4 Å². The fraction of sp³-hybridized carbons (Fsp3) is 0.562. The standard InChI is InChI=1S/C16H26N2O2/c1-12-6-13(2)8-15(7-12)20-11-16(19)17-9-14(3)10-18(4)5/h6-8,14H,9-11H2,1-5H3,(H,17,19)/p+1/t14-/m0/s1. The van der Waals surface area contributed by atoms with Crippen molar-refractivity contribution in [3.8, 4) is 5.75 Å². The van der Waals surface area contributed by atoms with E-state index in [0.29, 0.717) is 12.5 Å². The fourth-order valence-corrected chi connectivity index (χ4v) is 2.27. The van der Waals surface area contributed by atoms with Gasteiger partial charge in [0.05, 0.1) is 20.6 Å². The van der Waals surface area contributed by atoms with Crippen LogP contribution in [-0.2, 0) is 4.79 Å². The van der Waals surface area contributed by atoms with E-state index in [1.165, 1.54) is 4.90 Å². The highest BCUT2D eigenvalue weighted by Crippen LogP contribution is 2.15. The molecule has 4 nitrogen and oxygen atoms in total. The molecule has 0 spiro atoms. The number of ether oxygens (including phenoxy) is 1. The van der Waals surface area contributed by atoms with E-state index in [2.05, 4.69) is 32.4 Å². The van der Waals surface area contributed by atoms with Gasteiger partial charge in [-0.2, -0.15) is 0 Å². The molecule has 1 aromatic rings. The van der Waals surface area contributed by atoms with Gasteiger partial charge in [-0.15, -0.1) is 0 Å². The molecule has 0 aliphatic carbocycles. The van der Waals surface area contributed by atoms with Gasteiger partial charge < -0.3 is 15.0 Å². The maximum Gasteiger partial charge on any atom is 0.257 e. The van der Waals surface area contributed by atoms with Crippen LogP contribution in [-0.4, -0.2) is 39.7 Å². The summed E-state index contributed by atoms with van der Waals surface area (Å²) in [6, 6.07) is 5.97. The topological polar surface area (TPSA) is 42.8 Å². The number of hydrogen-bond acceptors (Lipinski definition) is 2. The summed E-state index contributed by atoms with van der Waals surface area (Å²) in [6.07, 6.45) is 0. The highest BCUT2D eigenvalue weighted by molar-refractivity contribution is 5.77. The van der Waals surface area contributed by atoms with Gasteiger partial charge in [0.1, 0.15) is 5.75 Å². The van der Waals surface area contributed by atoms with Crippen molar-refractivity contribution in [1.29, 1.82) is 0 Å². The third kappa shape index (κ3) is 6.57. The fourth-order valence-electron chi connectivity index (χ4n) is 2.27. The Hall–Kier alpha value is -1.55. The maximum absolute atomic E-state index is 11.7. The zero-order chi connectivity index (χ0) is 15.1. The maximum atomic E-state index is 11.7. The number of rotatable bonds is 7. The van der Waals surface area contributed by atoms with E-state index in [1.807, 2.05) is 26.0 Å². The number of benzene rings is 1. The number of quaternary nitrogens is 1. The predicted molar refractivity (Wildman–Crippen MR) is 81.3 cm³/mol. The number of carbonyl (C=O) groups is 1. The Bertz CT molecular complexity index is 424. The molecule has 1 rings (SSSR count). The lowest BCUT2D eigenvalue weighted by Gasteiger charge is -2.15. The van der Waals surface area contributed by atoms with Crippen molar-refractivity contribution >= 4 is 5.91 Å². The quantitative estimate of drug-likeness (QED) is 0.767. The van der Waals surface area contributed by atoms with Gasteiger partial charge in [-0.05, 0) is 37.1 Å². The first-order valence-electron chi connectivity index (χ1n) is 7.13. The molecule has 4 heteroatoms. The summed E-state index contributed by atoms with van der Waals surface area (Å²) in [4.78, 5) is 13.1. The molecular weight excluding hydrogens is 252 g/mol. The molecule has 0 aromatic heterocycles. The summed E-state index contributed by atoms with van der Waals surface area (Å²) < 4.78 is 5.53. The van der Waals surface area contributed by atoms with E-state index in [-0.39, 0.29) is 12.5 Å². The summed E-state index contributed by atoms with van der Waals surface area (Å²) in [5.41, 5.74) is 2.28. The van der Waals surface area contributed by atoms with Gasteiger partial charge in [0.2, 0.25) is 0 Å². The molecule has 0 heterocycles. The molecule has 0 unspecified atom stereocenters. The highest BCUT2D eigenvalue weighted by Gasteiger charge is 2.09. The number of carbonyl (C=O) groups excluding carboxylic acids is 1. The van der Waals surface area contributed by atoms with Crippen molar-refractivity contribution in [2.24, 2.45) is 5.92 Å². The molecule has 1 atom stereocenters. The van der Waals surface area contributed by atoms with Crippen LogP contribution in [0.5, 0.6) is 5.75 Å². The molecule has 0 radical (unpaired) electrons. The van der Waals surface area contributed by atoms with E-state index in [4.69, 9.17) is 4.74 Å². The normalized spacial score (nSPS) is 12.3. The third-order valence-electron chi connectivity index (χ3n) is 2.97. The second-order valence-electron chi connectivity index (χ2n) is 5.93. The van der Waals surface area contributed by atoms with Gasteiger partial charge >= 0.3 is 0 Å². The molecule has 1 aromatic carbocycles. The minimum Gasteiger partial charge on any atom is -0.484 e. The van der Waals surface area contributed by atoms with Crippen LogP contribution >= 0.6 is 0 Å². The van der Waals surface area contributed by atoms with Gasteiger partial charge in [0, 0.05) is 12.5 Å². The van der Waals surface area contributed by atoms with Crippen LogP contribution in [0.15, 0.2) is 18.2 Å². The minimum absolute atomic E-state index is 0.0650. The monoisotopic (exact) mass is 279 g/mol. The Kier molecular flexibility index (Phi) is 6.52. The van der Waals surface area contributed by atoms with Gasteiger partial charge in [0.25, 0.3) is 5.91 Å². The van der Waals surface area contributed by atoms with Crippen molar-refractivity contribution < 1.29 is 14.4 Å². The van der Waals surface area contributed by atoms with Crippen LogP contribution in [0.1, 0.15) is 18.1 Å². The first-order valence-corrected chi connectivity index (χ1v) is 7.13. The lowest BCUT2D eigenvalue weighted by molar-refractivity contribution is -0.861. The van der Waals surface area contributed by atoms with Crippen molar-refractivity contribution in [3.63, 3.8) is 0 Å². The molecule has 2 N–H and O–H groups in total. The number of nitrogens with one attached hydrogen (secondary N) is 2. The molecule has 0 saturated carbocycles. The second kappa shape index (κ2) is 7.90. The average molecular weight is 279 g/mol. The zero-order valence-electron chi connectivity index (χ0n) is 13.2. The number of amides is 1. The summed E-state index contributed by atoms with van der Waals surface area (Å²) in [7, 11) is 4.23. The molecule has 0 fully saturated rings. The molecule has 0 saturated heterocycles. The first kappa shape index (κ1) is 16.5. The molecular formula is C16H27N2O2+. The van der Waals surface area contributed by atoms with Crippen LogP contribution in [0.2, 0.25) is 0 Å². The SMILES string of the molecule is Cc1cc(C)cc(OCC(=O)NC[C@H](C)C[NH+](C)C)c1. The molecule has 0 aliphatic rings. The van der Waals surface area contributed by atoms with E-state index < -0.39 is 0 Å². The summed E-state index contributed by atoms with van der Waals surface area (Å²) in [6.45, 7) is 7.98. The van der Waals surface area contributed by atoms with E-state index in [9.17, 15) is 4.79 Å². The van der Waals surface area contributed by atoms with Crippen LogP contribution in [0.4, 0.5) is 0 Å². The lowest BCUT2D eigenvalue weighted by Crippen LogP contribution is -3.06. The minimum atomic E-state index is -0.0650. The van der Waals surface area contributed by atoms with E-state index >= 15 is 0 Å². The Balaban J connectivity index is 2.32. The number of hydrogen-bond donors (Lipinski definition) is 2. The first-order chi connectivity index (χ1) is 9.36. The van der Waals surface area contributed by atoms with Gasteiger partial charge in [-0.3, -0.25) is 4.79 Å². The molecule has 20 heavy (non-hydrogen) atoms. The molecule has 0 aliphatic heterocycles. The van der Waals surface area contributed by atoms with Crippen LogP contribution in [0.3, 0.4) is 0 Å². The van der Waals surface area contributed by atoms with E-state index in [1.54, 1.807) is 0 Å². The Morgan fingerprint density at radius 3 is 2.40 bits per heavy atom. The van der Waals surface area contributed by atoms with Gasteiger partial charge in [-0.1, -0.05) is 13.0 Å². The Labute approximate surface area is 122 Å². The van der Waals surface area contributed by atoms with Crippen molar-refractivity contribution in [3.05, 3.63) is 29.3 Å². The Morgan fingerprint density at radius 2 is 1.85 bits per heavy atom. The Morgan fingerprint density at radius 1 is 1.25 bits per heavy atom. The number of aryl methyl sites for hydroxylation is 2. The third-order valence-corrected chi connectivity index (χ3v) is 2.97. The smallest absolute Gasteiger partial charge is 0.257 e. The van der Waals surface area contributed by atoms with Gasteiger partial charge in [-0.25, -0.2) is 0 Å². The van der Waals surface area contributed by atoms with Crippen LogP contribution in [0, 0.1) is 19.8 Å². The molecule has 0 bridgehead atoms. The van der Waals surface area contributed by atoms with Crippen molar-refractivity contribution in [1.82, 2.24) is 5.32 Å². The van der Waals surface area contributed by atoms with Crippen LogP contribution < -0.4 is 15.0 Å². The largest absolute Gasteiger partial charge is 0.484 e. The molecule has 1 amide bonds. The molecule has 112 valence electrons. The van der Waals surface area contributed by atoms with Gasteiger partial charge in [0.15, 0.2) is 6.61 Å². The van der Waals surface area contributed by atoms with Crippen LogP contribution in [0.25, 0.3) is 0 Å². The lowest BCUT2D eigenvalue weighted by atomic mass is 10.1. The second-order valence-corrected chi connectivity index (χ2v) is 5.93. The summed E-state index contributed by atoms with van der Waals surface area (Å²) in [5, 5.41) is 2.91. The zero-order valence-corrected chi connectivity index (χ0v) is 13.2. The predicted octanol–water partition coefficient (Wildman–Crippen LogP) is 0.579. The summed E-state index contributed by atoms with van der Waals surface area (Å²) in [5.74, 6) is 1.15. The average Bonchev–Trinajstić information content (AvgIpc) is 2.32. The summed E-state index contributed by atoms with van der Waals surface area (Å²) >= 11 is 0. The van der Waals surface area contributed by atoms with Crippen molar-refractivity contribution in [2.75, 3.05) is 33.8 Å². The highest BCUT2D eigenvalue weighted by atomic mass is 16.5. The van der Waals surface area contributed by atoms with Crippen molar-refractivity contribution in [2.45, 2.75) is 20.8 Å².